The van der Waals surface area contributed by atoms with Crippen LogP contribution < -0.4 is 11.5 Å². The smallest absolute Gasteiger partial charge is 0.272 e. The van der Waals surface area contributed by atoms with E-state index in [9.17, 15) is 24.1 Å². The Morgan fingerprint density at radius 1 is 1.05 bits per heavy atom. The van der Waals surface area contributed by atoms with Crippen molar-refractivity contribution < 1.29 is 18.9 Å². The minimum atomic E-state index is -0.967. The molecular formula is C14H10FN3O4. The van der Waals surface area contributed by atoms with Crippen LogP contribution in [-0.2, 0) is 0 Å². The number of halogens is 1. The molecule has 0 fully saturated rings. The van der Waals surface area contributed by atoms with Gasteiger partial charge in [0.05, 0.1) is 11.0 Å². The zero-order valence-corrected chi connectivity index (χ0v) is 11.1. The molecule has 0 saturated carbocycles. The Morgan fingerprint density at radius 2 is 1.59 bits per heavy atom. The van der Waals surface area contributed by atoms with Gasteiger partial charge in [-0.2, -0.15) is 0 Å². The normalized spacial score (nSPS) is 10.2. The van der Waals surface area contributed by atoms with E-state index in [-0.39, 0.29) is 22.3 Å². The standard InChI is InChI=1S/C14H10FN3O4/c15-11-6-7(18(21)22)4-5-8(11)12-9(13(16)19)2-1-3-10(12)14(17)20/h1-6H,(H2,16,19)(H2,17,20). The number of carbonyl (C=O) groups excluding carboxylic acids is 2. The second-order valence-electron chi connectivity index (χ2n) is 4.38. The van der Waals surface area contributed by atoms with E-state index in [4.69, 9.17) is 11.5 Å². The molecule has 22 heavy (non-hydrogen) atoms. The Hall–Kier alpha value is -3.29. The molecule has 0 aromatic heterocycles. The van der Waals surface area contributed by atoms with Crippen LogP contribution in [0.15, 0.2) is 36.4 Å². The van der Waals surface area contributed by atoms with Crippen molar-refractivity contribution in [3.05, 3.63) is 63.5 Å². The first kappa shape index (κ1) is 15.1. The SMILES string of the molecule is NC(=O)c1cccc(C(N)=O)c1-c1ccc([N+](=O)[O-])cc1F. The summed E-state index contributed by atoms with van der Waals surface area (Å²) >= 11 is 0. The Bertz CT molecular complexity index is 772. The van der Waals surface area contributed by atoms with Gasteiger partial charge in [-0.05, 0) is 18.2 Å². The number of amides is 2. The molecule has 8 heteroatoms. The van der Waals surface area contributed by atoms with Gasteiger partial charge in [-0.3, -0.25) is 19.7 Å². The Morgan fingerprint density at radius 3 is 2.00 bits per heavy atom. The van der Waals surface area contributed by atoms with Crippen LogP contribution >= 0.6 is 0 Å². The monoisotopic (exact) mass is 303 g/mol. The third-order valence-electron chi connectivity index (χ3n) is 3.03. The molecule has 0 aliphatic rings. The third kappa shape index (κ3) is 2.62. The topological polar surface area (TPSA) is 129 Å². The lowest BCUT2D eigenvalue weighted by molar-refractivity contribution is -0.385. The van der Waals surface area contributed by atoms with Gasteiger partial charge in [-0.1, -0.05) is 6.07 Å². The Labute approximate surface area is 123 Å². The summed E-state index contributed by atoms with van der Waals surface area (Å²) in [6.45, 7) is 0. The van der Waals surface area contributed by atoms with E-state index in [1.54, 1.807) is 0 Å². The molecule has 7 nitrogen and oxygen atoms in total. The van der Waals surface area contributed by atoms with Gasteiger partial charge in [0.15, 0.2) is 0 Å². The molecule has 2 aromatic rings. The van der Waals surface area contributed by atoms with Crippen molar-refractivity contribution in [1.82, 2.24) is 0 Å². The number of benzene rings is 2. The van der Waals surface area contributed by atoms with Gasteiger partial charge in [-0.25, -0.2) is 4.39 Å². The first-order valence-corrected chi connectivity index (χ1v) is 6.00. The van der Waals surface area contributed by atoms with Gasteiger partial charge < -0.3 is 11.5 Å². The second-order valence-corrected chi connectivity index (χ2v) is 4.38. The number of hydrogen-bond acceptors (Lipinski definition) is 4. The maximum absolute atomic E-state index is 14.2. The lowest BCUT2D eigenvalue weighted by atomic mass is 9.93. The third-order valence-corrected chi connectivity index (χ3v) is 3.03. The lowest BCUT2D eigenvalue weighted by Crippen LogP contribution is -2.18. The van der Waals surface area contributed by atoms with Crippen molar-refractivity contribution in [3.8, 4) is 11.1 Å². The van der Waals surface area contributed by atoms with Crippen molar-refractivity contribution in [2.75, 3.05) is 0 Å². The quantitative estimate of drug-likeness (QED) is 0.656. The van der Waals surface area contributed by atoms with Crippen LogP contribution in [0.3, 0.4) is 0 Å². The molecule has 0 spiro atoms. The maximum atomic E-state index is 14.2. The van der Waals surface area contributed by atoms with Crippen LogP contribution in [0.2, 0.25) is 0 Å². The van der Waals surface area contributed by atoms with E-state index in [2.05, 4.69) is 0 Å². The summed E-state index contributed by atoms with van der Waals surface area (Å²) in [5.41, 5.74) is 9.52. The molecule has 0 atom stereocenters. The molecular weight excluding hydrogens is 293 g/mol. The molecule has 0 aliphatic heterocycles. The minimum Gasteiger partial charge on any atom is -0.366 e. The first-order valence-electron chi connectivity index (χ1n) is 6.00. The fraction of sp³-hybridized carbons (Fsp3) is 0. The number of hydrogen-bond donors (Lipinski definition) is 2. The highest BCUT2D eigenvalue weighted by Crippen LogP contribution is 2.31. The number of nitrogens with zero attached hydrogens (tertiary/aromatic N) is 1. The minimum absolute atomic E-state index is 0.0881. The van der Waals surface area contributed by atoms with Crippen LogP contribution in [0.25, 0.3) is 11.1 Å². The average Bonchev–Trinajstić information content (AvgIpc) is 2.46. The van der Waals surface area contributed by atoms with E-state index in [1.807, 2.05) is 0 Å². The number of primary amides is 2. The van der Waals surface area contributed by atoms with Crippen molar-refractivity contribution >= 4 is 17.5 Å². The van der Waals surface area contributed by atoms with Crippen molar-refractivity contribution in [3.63, 3.8) is 0 Å². The highest BCUT2D eigenvalue weighted by atomic mass is 19.1. The van der Waals surface area contributed by atoms with Crippen molar-refractivity contribution in [2.45, 2.75) is 0 Å². The van der Waals surface area contributed by atoms with Gasteiger partial charge in [0.1, 0.15) is 5.82 Å². The number of nitrogens with two attached hydrogens (primary N) is 2. The van der Waals surface area contributed by atoms with E-state index in [1.165, 1.54) is 18.2 Å². The van der Waals surface area contributed by atoms with E-state index in [0.717, 1.165) is 12.1 Å². The molecule has 4 N–H and O–H groups in total. The highest BCUT2D eigenvalue weighted by molar-refractivity contribution is 6.08. The predicted molar refractivity (Wildman–Crippen MR) is 75.5 cm³/mol. The summed E-state index contributed by atoms with van der Waals surface area (Å²) in [4.78, 5) is 32.9. The molecule has 2 aromatic carbocycles. The molecule has 0 aliphatic carbocycles. The van der Waals surface area contributed by atoms with E-state index in [0.29, 0.717) is 6.07 Å². The van der Waals surface area contributed by atoms with Crippen molar-refractivity contribution in [1.29, 1.82) is 0 Å². The molecule has 0 heterocycles. The van der Waals surface area contributed by atoms with Crippen molar-refractivity contribution in [2.24, 2.45) is 11.5 Å². The number of nitro groups is 1. The molecule has 2 rings (SSSR count). The van der Waals surface area contributed by atoms with Crippen LogP contribution in [-0.4, -0.2) is 16.7 Å². The number of carbonyl (C=O) groups is 2. The van der Waals surface area contributed by atoms with Gasteiger partial charge in [0, 0.05) is 28.3 Å². The maximum Gasteiger partial charge on any atom is 0.272 e. The van der Waals surface area contributed by atoms with E-state index >= 15 is 0 Å². The zero-order chi connectivity index (χ0) is 16.4. The van der Waals surface area contributed by atoms with Gasteiger partial charge in [0.25, 0.3) is 5.69 Å². The second kappa shape index (κ2) is 5.60. The Kier molecular flexibility index (Phi) is 3.85. The Balaban J connectivity index is 2.78. The van der Waals surface area contributed by atoms with Gasteiger partial charge >= 0.3 is 0 Å². The van der Waals surface area contributed by atoms with Crippen LogP contribution in [0.1, 0.15) is 20.7 Å². The van der Waals surface area contributed by atoms with Crippen LogP contribution in [0, 0.1) is 15.9 Å². The lowest BCUT2D eigenvalue weighted by Gasteiger charge is -2.12. The fourth-order valence-corrected chi connectivity index (χ4v) is 2.07. The molecule has 0 unspecified atom stereocenters. The van der Waals surface area contributed by atoms with Crippen LogP contribution in [0.5, 0.6) is 0 Å². The molecule has 112 valence electrons. The molecule has 0 bridgehead atoms. The average molecular weight is 303 g/mol. The predicted octanol–water partition coefficient (Wildman–Crippen LogP) is 1.60. The van der Waals surface area contributed by atoms with Crippen LogP contribution in [0.4, 0.5) is 10.1 Å². The first-order chi connectivity index (χ1) is 10.3. The number of rotatable bonds is 4. The summed E-state index contributed by atoms with van der Waals surface area (Å²) in [6, 6.07) is 6.85. The largest absolute Gasteiger partial charge is 0.366 e. The number of non-ortho nitro benzene ring substituents is 1. The van der Waals surface area contributed by atoms with Gasteiger partial charge in [-0.15, -0.1) is 0 Å². The molecule has 0 radical (unpaired) electrons. The fourth-order valence-electron chi connectivity index (χ4n) is 2.07. The summed E-state index contributed by atoms with van der Waals surface area (Å²) in [5, 5.41) is 10.6. The molecule has 2 amide bonds. The zero-order valence-electron chi connectivity index (χ0n) is 11.1. The summed E-state index contributed by atoms with van der Waals surface area (Å²) < 4.78 is 14.2. The summed E-state index contributed by atoms with van der Waals surface area (Å²) in [6.07, 6.45) is 0. The highest BCUT2D eigenvalue weighted by Gasteiger charge is 2.21. The van der Waals surface area contributed by atoms with Gasteiger partial charge in [0.2, 0.25) is 11.8 Å². The molecule has 0 saturated heterocycles. The summed E-state index contributed by atoms with van der Waals surface area (Å²) in [7, 11) is 0. The number of nitro benzene ring substituents is 1. The van der Waals surface area contributed by atoms with E-state index < -0.39 is 28.2 Å². The summed E-state index contributed by atoms with van der Waals surface area (Å²) in [5.74, 6) is -2.72.